The monoisotopic (exact) mass is 331 g/mol. The minimum atomic E-state index is -3.84. The summed E-state index contributed by atoms with van der Waals surface area (Å²) in [4.78, 5) is 14.1. The third kappa shape index (κ3) is 3.96. The summed E-state index contributed by atoms with van der Waals surface area (Å²) in [7, 11) is 3.19. The lowest BCUT2D eigenvalue weighted by molar-refractivity contribution is 0.0350. The molecule has 0 atom stereocenters. The summed E-state index contributed by atoms with van der Waals surface area (Å²) < 4.78 is 28.2. The molecule has 1 amide bonds. The lowest BCUT2D eigenvalue weighted by Crippen LogP contribution is -2.40. The van der Waals surface area contributed by atoms with E-state index in [2.05, 4.69) is 0 Å². The number of aryl methyl sites for hydroxylation is 1. The van der Waals surface area contributed by atoms with Gasteiger partial charge in [-0.15, -0.1) is 0 Å². The first-order valence-corrected chi connectivity index (χ1v) is 9.00. The van der Waals surface area contributed by atoms with Gasteiger partial charge in [-0.05, 0) is 43.5 Å². The molecule has 21 heavy (non-hydrogen) atoms. The molecule has 2 rings (SSSR count). The molecular weight excluding hydrogens is 314 g/mol. The topological polar surface area (TPSA) is 63.7 Å². The summed E-state index contributed by atoms with van der Waals surface area (Å²) in [6.45, 7) is 2.95. The van der Waals surface area contributed by atoms with E-state index in [4.69, 9.17) is 15.4 Å². The van der Waals surface area contributed by atoms with Gasteiger partial charge in [-0.2, -0.15) is 0 Å². The van der Waals surface area contributed by atoms with E-state index in [0.29, 0.717) is 24.2 Å². The second-order valence-corrected chi connectivity index (χ2v) is 7.77. The number of methoxy groups -OCH3 is 1. The van der Waals surface area contributed by atoms with Crippen LogP contribution < -0.4 is 0 Å². The summed E-state index contributed by atoms with van der Waals surface area (Å²) in [5.74, 6) is -0.171. The lowest BCUT2D eigenvalue weighted by Gasteiger charge is -2.31. The van der Waals surface area contributed by atoms with Crippen molar-refractivity contribution in [1.29, 1.82) is 0 Å². The number of benzene rings is 1. The Morgan fingerprint density at radius 1 is 1.29 bits per heavy atom. The van der Waals surface area contributed by atoms with Crippen LogP contribution >= 0.6 is 10.7 Å². The van der Waals surface area contributed by atoms with Gasteiger partial charge in [0.25, 0.3) is 15.0 Å². The molecule has 1 fully saturated rings. The number of hydrogen-bond donors (Lipinski definition) is 0. The Labute approximate surface area is 129 Å². The van der Waals surface area contributed by atoms with Gasteiger partial charge in [-0.1, -0.05) is 0 Å². The van der Waals surface area contributed by atoms with Gasteiger partial charge in [-0.3, -0.25) is 4.79 Å². The predicted octanol–water partition coefficient (Wildman–Crippen LogP) is 2.17. The highest BCUT2D eigenvalue weighted by molar-refractivity contribution is 8.13. The average molecular weight is 332 g/mol. The summed E-state index contributed by atoms with van der Waals surface area (Å²) >= 11 is 0. The number of rotatable bonds is 3. The standard InChI is InChI=1S/C14H18ClNO4S/c1-10-7-11(9-13(8-10)21(15,18)19)14(17)16-5-3-12(20-2)4-6-16/h7-9,12H,3-6H2,1-2H3. The van der Waals surface area contributed by atoms with Crippen LogP contribution in [0.15, 0.2) is 23.1 Å². The highest BCUT2D eigenvalue weighted by atomic mass is 35.7. The summed E-state index contributed by atoms with van der Waals surface area (Å²) in [5.41, 5.74) is 1.04. The predicted molar refractivity (Wildman–Crippen MR) is 80.2 cm³/mol. The highest BCUT2D eigenvalue weighted by Gasteiger charge is 2.24. The van der Waals surface area contributed by atoms with Gasteiger partial charge in [0.05, 0.1) is 11.0 Å². The normalized spacial score (nSPS) is 17.0. The van der Waals surface area contributed by atoms with Gasteiger partial charge in [0.1, 0.15) is 0 Å². The number of hydrogen-bond acceptors (Lipinski definition) is 4. The van der Waals surface area contributed by atoms with Crippen molar-refractivity contribution in [3.05, 3.63) is 29.3 Å². The van der Waals surface area contributed by atoms with Crippen LogP contribution in [-0.2, 0) is 13.8 Å². The SMILES string of the molecule is COC1CCN(C(=O)c2cc(C)cc(S(=O)(=O)Cl)c2)CC1. The fourth-order valence-corrected chi connectivity index (χ4v) is 3.35. The molecule has 7 heteroatoms. The first kappa shape index (κ1) is 16.3. The van der Waals surface area contributed by atoms with E-state index in [1.165, 1.54) is 12.1 Å². The zero-order valence-corrected chi connectivity index (χ0v) is 13.6. The number of likely N-dealkylation sites (tertiary alicyclic amines) is 1. The zero-order valence-electron chi connectivity index (χ0n) is 12.0. The van der Waals surface area contributed by atoms with E-state index in [1.807, 2.05) is 0 Å². The van der Waals surface area contributed by atoms with Crippen molar-refractivity contribution in [2.75, 3.05) is 20.2 Å². The number of piperidine rings is 1. The Kier molecular flexibility index (Phi) is 4.91. The van der Waals surface area contributed by atoms with E-state index >= 15 is 0 Å². The number of ether oxygens (including phenoxy) is 1. The van der Waals surface area contributed by atoms with Crippen molar-refractivity contribution in [3.63, 3.8) is 0 Å². The van der Waals surface area contributed by atoms with Crippen molar-refractivity contribution in [3.8, 4) is 0 Å². The molecule has 5 nitrogen and oxygen atoms in total. The molecule has 1 saturated heterocycles. The van der Waals surface area contributed by atoms with Crippen LogP contribution in [0.2, 0.25) is 0 Å². The molecule has 0 aromatic heterocycles. The largest absolute Gasteiger partial charge is 0.381 e. The molecule has 0 aliphatic carbocycles. The zero-order chi connectivity index (χ0) is 15.6. The summed E-state index contributed by atoms with van der Waals surface area (Å²) in [6.07, 6.45) is 1.76. The Balaban J connectivity index is 2.22. The molecule has 116 valence electrons. The van der Waals surface area contributed by atoms with E-state index in [-0.39, 0.29) is 16.9 Å². The second-order valence-electron chi connectivity index (χ2n) is 5.20. The molecule has 0 bridgehead atoms. The van der Waals surface area contributed by atoms with E-state index in [1.54, 1.807) is 25.0 Å². The Hall–Kier alpha value is -1.11. The van der Waals surface area contributed by atoms with Crippen molar-refractivity contribution in [1.82, 2.24) is 4.90 Å². The molecule has 0 N–H and O–H groups in total. The molecule has 1 aliphatic heterocycles. The van der Waals surface area contributed by atoms with Crippen LogP contribution in [0.1, 0.15) is 28.8 Å². The van der Waals surface area contributed by atoms with Gasteiger partial charge in [0, 0.05) is 36.4 Å². The smallest absolute Gasteiger partial charge is 0.261 e. The molecule has 1 aromatic carbocycles. The number of carbonyl (C=O) groups is 1. The van der Waals surface area contributed by atoms with Crippen LogP contribution in [0.3, 0.4) is 0 Å². The fraction of sp³-hybridized carbons (Fsp3) is 0.500. The first-order chi connectivity index (χ1) is 9.81. The van der Waals surface area contributed by atoms with E-state index < -0.39 is 9.05 Å². The molecule has 1 aromatic rings. The minimum absolute atomic E-state index is 0.0423. The number of nitrogens with zero attached hydrogens (tertiary/aromatic N) is 1. The molecule has 1 heterocycles. The Morgan fingerprint density at radius 3 is 2.43 bits per heavy atom. The first-order valence-electron chi connectivity index (χ1n) is 6.69. The highest BCUT2D eigenvalue weighted by Crippen LogP contribution is 2.21. The number of amides is 1. The van der Waals surface area contributed by atoms with Gasteiger partial charge in [0.2, 0.25) is 0 Å². The van der Waals surface area contributed by atoms with Gasteiger partial charge in [0.15, 0.2) is 0 Å². The minimum Gasteiger partial charge on any atom is -0.381 e. The third-order valence-electron chi connectivity index (χ3n) is 3.64. The lowest BCUT2D eigenvalue weighted by atomic mass is 10.1. The molecule has 0 radical (unpaired) electrons. The van der Waals surface area contributed by atoms with E-state index in [9.17, 15) is 13.2 Å². The second kappa shape index (κ2) is 6.34. The van der Waals surface area contributed by atoms with Crippen molar-refractivity contribution in [2.45, 2.75) is 30.8 Å². The Morgan fingerprint density at radius 2 is 1.90 bits per heavy atom. The third-order valence-corrected chi connectivity index (χ3v) is 4.98. The van der Waals surface area contributed by atoms with Crippen LogP contribution in [0, 0.1) is 6.92 Å². The van der Waals surface area contributed by atoms with Crippen molar-refractivity contribution >= 4 is 25.6 Å². The fourth-order valence-electron chi connectivity index (χ4n) is 2.49. The van der Waals surface area contributed by atoms with Gasteiger partial charge >= 0.3 is 0 Å². The Bertz CT molecular complexity index is 636. The van der Waals surface area contributed by atoms with E-state index in [0.717, 1.165) is 12.8 Å². The van der Waals surface area contributed by atoms with Crippen LogP contribution in [0.25, 0.3) is 0 Å². The number of halogens is 1. The van der Waals surface area contributed by atoms with Crippen molar-refractivity contribution in [2.24, 2.45) is 0 Å². The maximum atomic E-state index is 12.5. The molecule has 1 aliphatic rings. The molecule has 0 unspecified atom stereocenters. The van der Waals surface area contributed by atoms with Crippen LogP contribution in [0.4, 0.5) is 0 Å². The van der Waals surface area contributed by atoms with Gasteiger partial charge in [-0.25, -0.2) is 8.42 Å². The number of carbonyl (C=O) groups excluding carboxylic acids is 1. The summed E-state index contributed by atoms with van der Waals surface area (Å²) in [6, 6.07) is 4.46. The van der Waals surface area contributed by atoms with Crippen LogP contribution in [0.5, 0.6) is 0 Å². The molecular formula is C14H18ClNO4S. The maximum Gasteiger partial charge on any atom is 0.261 e. The van der Waals surface area contributed by atoms with Gasteiger partial charge < -0.3 is 9.64 Å². The molecule has 0 saturated carbocycles. The average Bonchev–Trinajstić information content (AvgIpc) is 2.45. The quantitative estimate of drug-likeness (QED) is 0.796. The van der Waals surface area contributed by atoms with Crippen LogP contribution in [-0.4, -0.2) is 45.5 Å². The molecule has 0 spiro atoms. The summed E-state index contributed by atoms with van der Waals surface area (Å²) in [5, 5.41) is 0. The van der Waals surface area contributed by atoms with Crippen molar-refractivity contribution < 1.29 is 17.9 Å². The maximum absolute atomic E-state index is 12.5.